The lowest BCUT2D eigenvalue weighted by Crippen LogP contribution is -2.35. The molecule has 0 unspecified atom stereocenters. The van der Waals surface area contributed by atoms with Gasteiger partial charge in [0, 0.05) is 39.6 Å². The van der Waals surface area contributed by atoms with Gasteiger partial charge in [0.15, 0.2) is 0 Å². The minimum absolute atomic E-state index is 0.222. The van der Waals surface area contributed by atoms with Gasteiger partial charge in [-0.05, 0) is 32.9 Å². The molecule has 4 heteroatoms. The highest BCUT2D eigenvalue weighted by atomic mass is 16.2. The third kappa shape index (κ3) is 5.83. The van der Waals surface area contributed by atoms with E-state index in [0.717, 1.165) is 32.1 Å². The van der Waals surface area contributed by atoms with Crippen LogP contribution < -0.4 is 5.32 Å². The number of hydrogen-bond acceptors (Lipinski definition) is 3. The maximum absolute atomic E-state index is 11.3. The van der Waals surface area contributed by atoms with Crippen LogP contribution in [0.2, 0.25) is 0 Å². The highest BCUT2D eigenvalue weighted by Crippen LogP contribution is 2.21. The number of nitrogens with one attached hydrogen (secondary N) is 1. The number of nitrogens with zero attached hydrogens (tertiary/aromatic N) is 2. The van der Waals surface area contributed by atoms with Crippen LogP contribution in [-0.4, -0.2) is 62.5 Å². The van der Waals surface area contributed by atoms with Crippen molar-refractivity contribution in [2.45, 2.75) is 44.6 Å². The summed E-state index contributed by atoms with van der Waals surface area (Å²) < 4.78 is 0. The number of likely N-dealkylation sites (N-methyl/N-ethyl adjacent to an activating group) is 1. The van der Waals surface area contributed by atoms with Crippen molar-refractivity contribution >= 4 is 5.91 Å². The molecular weight excluding hydrogens is 226 g/mol. The van der Waals surface area contributed by atoms with Crippen molar-refractivity contribution in [3.63, 3.8) is 0 Å². The molecule has 1 N–H and O–H groups in total. The monoisotopic (exact) mass is 255 g/mol. The van der Waals surface area contributed by atoms with Crippen LogP contribution >= 0.6 is 0 Å². The van der Waals surface area contributed by atoms with E-state index in [-0.39, 0.29) is 5.91 Å². The molecule has 0 heterocycles. The molecule has 1 fully saturated rings. The third-order valence-corrected chi connectivity index (χ3v) is 3.83. The number of hydrogen-bond donors (Lipinski definition) is 1. The summed E-state index contributed by atoms with van der Waals surface area (Å²) >= 11 is 0. The zero-order chi connectivity index (χ0) is 13.4. The third-order valence-electron chi connectivity index (χ3n) is 3.83. The normalized spacial score (nSPS) is 16.4. The van der Waals surface area contributed by atoms with Crippen LogP contribution in [0.4, 0.5) is 0 Å². The fourth-order valence-electron chi connectivity index (χ4n) is 2.50. The van der Waals surface area contributed by atoms with Crippen molar-refractivity contribution in [2.75, 3.05) is 40.8 Å². The van der Waals surface area contributed by atoms with E-state index in [0.29, 0.717) is 6.42 Å². The van der Waals surface area contributed by atoms with E-state index in [2.05, 4.69) is 17.3 Å². The first-order valence-electron chi connectivity index (χ1n) is 7.22. The summed E-state index contributed by atoms with van der Waals surface area (Å²) in [4.78, 5) is 15.5. The first kappa shape index (κ1) is 15.4. The molecule has 0 spiro atoms. The average molecular weight is 255 g/mol. The molecule has 18 heavy (non-hydrogen) atoms. The number of carbonyl (C=O) groups is 1. The lowest BCUT2D eigenvalue weighted by atomic mass is 10.2. The van der Waals surface area contributed by atoms with Gasteiger partial charge in [-0.3, -0.25) is 4.79 Å². The molecule has 1 saturated carbocycles. The van der Waals surface area contributed by atoms with Gasteiger partial charge in [0.2, 0.25) is 5.91 Å². The van der Waals surface area contributed by atoms with Crippen molar-refractivity contribution in [3.8, 4) is 0 Å². The molecule has 0 aliphatic heterocycles. The molecule has 0 radical (unpaired) electrons. The van der Waals surface area contributed by atoms with Crippen LogP contribution in [0.25, 0.3) is 0 Å². The molecule has 0 bridgehead atoms. The zero-order valence-electron chi connectivity index (χ0n) is 12.2. The highest BCUT2D eigenvalue weighted by molar-refractivity contribution is 5.75. The van der Waals surface area contributed by atoms with Gasteiger partial charge in [-0.1, -0.05) is 12.8 Å². The van der Waals surface area contributed by atoms with Gasteiger partial charge in [-0.25, -0.2) is 0 Å². The van der Waals surface area contributed by atoms with E-state index in [4.69, 9.17) is 0 Å². The average Bonchev–Trinajstić information content (AvgIpc) is 2.86. The summed E-state index contributed by atoms with van der Waals surface area (Å²) in [7, 11) is 5.85. The fourth-order valence-corrected chi connectivity index (χ4v) is 2.50. The Labute approximate surface area is 112 Å². The minimum atomic E-state index is 0.222. The first-order chi connectivity index (χ1) is 8.61. The predicted molar refractivity (Wildman–Crippen MR) is 75.7 cm³/mol. The summed E-state index contributed by atoms with van der Waals surface area (Å²) in [5.74, 6) is 0.222. The summed E-state index contributed by atoms with van der Waals surface area (Å²) in [6.45, 7) is 3.09. The molecule has 1 aliphatic rings. The van der Waals surface area contributed by atoms with Crippen LogP contribution in [-0.2, 0) is 4.79 Å². The van der Waals surface area contributed by atoms with Crippen LogP contribution in [0.5, 0.6) is 0 Å². The molecule has 0 aromatic rings. The van der Waals surface area contributed by atoms with Crippen molar-refractivity contribution in [1.82, 2.24) is 15.1 Å². The Morgan fingerprint density at radius 1 is 1.17 bits per heavy atom. The number of amides is 1. The second kappa shape index (κ2) is 8.48. The largest absolute Gasteiger partial charge is 0.349 e. The van der Waals surface area contributed by atoms with Gasteiger partial charge in [0.1, 0.15) is 0 Å². The van der Waals surface area contributed by atoms with Crippen LogP contribution in [0, 0.1) is 0 Å². The quantitative estimate of drug-likeness (QED) is 0.665. The minimum Gasteiger partial charge on any atom is -0.349 e. The molecule has 0 atom stereocenters. The summed E-state index contributed by atoms with van der Waals surface area (Å²) in [5.41, 5.74) is 0. The Morgan fingerprint density at radius 3 is 2.44 bits per heavy atom. The van der Waals surface area contributed by atoms with Gasteiger partial charge in [0.05, 0.1) is 0 Å². The topological polar surface area (TPSA) is 35.6 Å². The van der Waals surface area contributed by atoms with Crippen molar-refractivity contribution < 1.29 is 4.79 Å². The maximum Gasteiger partial charge on any atom is 0.222 e. The molecule has 106 valence electrons. The number of rotatable bonds is 8. The lowest BCUT2D eigenvalue weighted by Gasteiger charge is -2.23. The summed E-state index contributed by atoms with van der Waals surface area (Å²) in [5, 5.41) is 3.42. The Kier molecular flexibility index (Phi) is 7.28. The van der Waals surface area contributed by atoms with Gasteiger partial charge >= 0.3 is 0 Å². The van der Waals surface area contributed by atoms with Gasteiger partial charge in [-0.15, -0.1) is 0 Å². The van der Waals surface area contributed by atoms with E-state index in [1.165, 1.54) is 25.7 Å². The maximum atomic E-state index is 11.3. The summed E-state index contributed by atoms with van der Waals surface area (Å²) in [6, 6.07) is 0.808. The van der Waals surface area contributed by atoms with E-state index in [1.54, 1.807) is 4.90 Å². The molecule has 0 saturated heterocycles. The van der Waals surface area contributed by atoms with Crippen molar-refractivity contribution in [1.29, 1.82) is 0 Å². The molecule has 1 aliphatic carbocycles. The molecule has 1 rings (SSSR count). The summed E-state index contributed by atoms with van der Waals surface area (Å²) in [6.07, 6.45) is 7.12. The smallest absolute Gasteiger partial charge is 0.222 e. The second-order valence-corrected chi connectivity index (χ2v) is 5.56. The van der Waals surface area contributed by atoms with Crippen molar-refractivity contribution in [3.05, 3.63) is 0 Å². The van der Waals surface area contributed by atoms with Gasteiger partial charge in [-0.2, -0.15) is 0 Å². The Bertz CT molecular complexity index is 237. The Balaban J connectivity index is 1.93. The molecular formula is C14H29N3O. The highest BCUT2D eigenvalue weighted by Gasteiger charge is 2.18. The molecule has 0 aromatic carbocycles. The molecule has 4 nitrogen and oxygen atoms in total. The van der Waals surface area contributed by atoms with Crippen LogP contribution in [0.1, 0.15) is 38.5 Å². The van der Waals surface area contributed by atoms with Crippen LogP contribution in [0.3, 0.4) is 0 Å². The van der Waals surface area contributed by atoms with Gasteiger partial charge in [0.25, 0.3) is 0 Å². The number of carbonyl (C=O) groups excluding carboxylic acids is 1. The standard InChI is InChI=1S/C14H29N3O/c1-16(2)14(18)9-6-10-15-11-12-17(3)13-7-4-5-8-13/h13,15H,4-12H2,1-3H3. The Morgan fingerprint density at radius 2 is 1.83 bits per heavy atom. The first-order valence-corrected chi connectivity index (χ1v) is 7.22. The lowest BCUT2D eigenvalue weighted by molar-refractivity contribution is -0.128. The van der Waals surface area contributed by atoms with E-state index < -0.39 is 0 Å². The van der Waals surface area contributed by atoms with Crippen LogP contribution in [0.15, 0.2) is 0 Å². The van der Waals surface area contributed by atoms with E-state index in [1.807, 2.05) is 14.1 Å². The zero-order valence-corrected chi connectivity index (χ0v) is 12.2. The second-order valence-electron chi connectivity index (χ2n) is 5.56. The molecule has 0 aromatic heterocycles. The molecule has 1 amide bonds. The fraction of sp³-hybridized carbons (Fsp3) is 0.929. The van der Waals surface area contributed by atoms with Crippen molar-refractivity contribution in [2.24, 2.45) is 0 Å². The van der Waals surface area contributed by atoms with E-state index >= 15 is 0 Å². The Hall–Kier alpha value is -0.610. The predicted octanol–water partition coefficient (Wildman–Crippen LogP) is 1.32. The SMILES string of the molecule is CN(C)C(=O)CCCNCCN(C)C1CCCC1. The van der Waals surface area contributed by atoms with E-state index in [9.17, 15) is 4.79 Å². The van der Waals surface area contributed by atoms with Gasteiger partial charge < -0.3 is 15.1 Å².